The molecule has 1 heterocycles. The Morgan fingerprint density at radius 2 is 2.00 bits per heavy atom. The summed E-state index contributed by atoms with van der Waals surface area (Å²) in [5.74, 6) is 6.55. The number of hydrogen-bond acceptors (Lipinski definition) is 2. The van der Waals surface area contributed by atoms with Crippen LogP contribution in [-0.2, 0) is 6.54 Å². The monoisotopic (exact) mass is 261 g/mol. The Morgan fingerprint density at radius 3 is 2.63 bits per heavy atom. The SMILES string of the molecule is CC1CN(Cc2ccc(F)cc2C#CCO)CC1C. The van der Waals surface area contributed by atoms with E-state index in [9.17, 15) is 4.39 Å². The maximum absolute atomic E-state index is 13.3. The van der Waals surface area contributed by atoms with Gasteiger partial charge in [0.2, 0.25) is 0 Å². The molecule has 2 unspecified atom stereocenters. The van der Waals surface area contributed by atoms with Crippen LogP contribution >= 0.6 is 0 Å². The van der Waals surface area contributed by atoms with Crippen molar-refractivity contribution in [3.63, 3.8) is 0 Å². The van der Waals surface area contributed by atoms with E-state index in [1.165, 1.54) is 12.1 Å². The lowest BCUT2D eigenvalue weighted by Gasteiger charge is -2.16. The average molecular weight is 261 g/mol. The van der Waals surface area contributed by atoms with E-state index in [0.29, 0.717) is 17.4 Å². The number of hydrogen-bond donors (Lipinski definition) is 1. The predicted molar refractivity (Wildman–Crippen MR) is 74.0 cm³/mol. The molecule has 2 atom stereocenters. The Balaban J connectivity index is 2.16. The summed E-state index contributed by atoms with van der Waals surface area (Å²) in [6.07, 6.45) is 0. The molecule has 1 aliphatic heterocycles. The summed E-state index contributed by atoms with van der Waals surface area (Å²) >= 11 is 0. The van der Waals surface area contributed by atoms with Crippen LogP contribution in [0.15, 0.2) is 18.2 Å². The fourth-order valence-corrected chi connectivity index (χ4v) is 2.56. The van der Waals surface area contributed by atoms with E-state index in [1.807, 2.05) is 0 Å². The zero-order chi connectivity index (χ0) is 13.8. The highest BCUT2D eigenvalue weighted by Gasteiger charge is 2.26. The molecule has 19 heavy (non-hydrogen) atoms. The molecule has 0 radical (unpaired) electrons. The molecule has 1 fully saturated rings. The fourth-order valence-electron chi connectivity index (χ4n) is 2.56. The van der Waals surface area contributed by atoms with E-state index in [2.05, 4.69) is 30.6 Å². The smallest absolute Gasteiger partial charge is 0.124 e. The molecular formula is C16H20FNO. The van der Waals surface area contributed by atoms with Gasteiger partial charge in [-0.15, -0.1) is 0 Å². The third-order valence-electron chi connectivity index (χ3n) is 3.83. The Hall–Kier alpha value is -1.37. The molecule has 2 nitrogen and oxygen atoms in total. The molecule has 1 N–H and O–H groups in total. The molecule has 0 aromatic heterocycles. The molecule has 1 aromatic carbocycles. The second kappa shape index (κ2) is 6.18. The molecule has 0 amide bonds. The van der Waals surface area contributed by atoms with Crippen LogP contribution in [0.5, 0.6) is 0 Å². The summed E-state index contributed by atoms with van der Waals surface area (Å²) in [7, 11) is 0. The molecular weight excluding hydrogens is 241 g/mol. The second-order valence-corrected chi connectivity index (χ2v) is 5.41. The normalized spacial score (nSPS) is 23.2. The first-order valence-electron chi connectivity index (χ1n) is 6.70. The molecule has 3 heteroatoms. The van der Waals surface area contributed by atoms with Gasteiger partial charge in [0.25, 0.3) is 0 Å². The van der Waals surface area contributed by atoms with Gasteiger partial charge >= 0.3 is 0 Å². The first-order valence-corrected chi connectivity index (χ1v) is 6.70. The molecule has 0 spiro atoms. The van der Waals surface area contributed by atoms with E-state index in [0.717, 1.165) is 25.2 Å². The summed E-state index contributed by atoms with van der Waals surface area (Å²) in [6, 6.07) is 4.72. The van der Waals surface area contributed by atoms with E-state index in [4.69, 9.17) is 5.11 Å². The summed E-state index contributed by atoms with van der Waals surface area (Å²) in [5, 5.41) is 8.76. The van der Waals surface area contributed by atoms with Crippen molar-refractivity contribution < 1.29 is 9.50 Å². The number of nitrogens with zero attached hydrogens (tertiary/aromatic N) is 1. The van der Waals surface area contributed by atoms with Crippen molar-refractivity contribution in [1.82, 2.24) is 4.90 Å². The van der Waals surface area contributed by atoms with Crippen molar-refractivity contribution in [1.29, 1.82) is 0 Å². The van der Waals surface area contributed by atoms with Gasteiger partial charge in [0, 0.05) is 25.2 Å². The van der Waals surface area contributed by atoms with Crippen LogP contribution in [0, 0.1) is 29.5 Å². The Morgan fingerprint density at radius 1 is 1.32 bits per heavy atom. The number of aliphatic hydroxyl groups excluding tert-OH is 1. The van der Waals surface area contributed by atoms with Crippen LogP contribution in [0.3, 0.4) is 0 Å². The highest BCUT2D eigenvalue weighted by molar-refractivity contribution is 5.41. The van der Waals surface area contributed by atoms with Crippen molar-refractivity contribution in [2.45, 2.75) is 20.4 Å². The van der Waals surface area contributed by atoms with Gasteiger partial charge in [0.05, 0.1) is 0 Å². The number of aliphatic hydroxyl groups is 1. The predicted octanol–water partition coefficient (Wildman–Crippen LogP) is 2.26. The highest BCUT2D eigenvalue weighted by Crippen LogP contribution is 2.24. The largest absolute Gasteiger partial charge is 0.384 e. The standard InChI is InChI=1S/C16H20FNO/c1-12-9-18(10-13(12)2)11-15-5-6-16(17)8-14(15)4-3-7-19/h5-6,8,12-13,19H,7,9-11H2,1-2H3. The van der Waals surface area contributed by atoms with Crippen molar-refractivity contribution >= 4 is 0 Å². The van der Waals surface area contributed by atoms with Crippen LogP contribution in [0.2, 0.25) is 0 Å². The lowest BCUT2D eigenvalue weighted by Crippen LogP contribution is -2.20. The van der Waals surface area contributed by atoms with Gasteiger partial charge in [-0.2, -0.15) is 0 Å². The lowest BCUT2D eigenvalue weighted by atomic mass is 10.0. The minimum absolute atomic E-state index is 0.201. The molecule has 1 aromatic rings. The maximum atomic E-state index is 13.3. The number of benzene rings is 1. The third kappa shape index (κ3) is 3.56. The molecule has 102 valence electrons. The zero-order valence-corrected chi connectivity index (χ0v) is 11.5. The van der Waals surface area contributed by atoms with Crippen molar-refractivity contribution in [2.24, 2.45) is 11.8 Å². The first-order chi connectivity index (χ1) is 9.10. The fraction of sp³-hybridized carbons (Fsp3) is 0.500. The van der Waals surface area contributed by atoms with Crippen LogP contribution < -0.4 is 0 Å². The average Bonchev–Trinajstić information content (AvgIpc) is 2.68. The van der Waals surface area contributed by atoms with Crippen LogP contribution in [0.1, 0.15) is 25.0 Å². The van der Waals surface area contributed by atoms with Gasteiger partial charge in [-0.05, 0) is 29.5 Å². The summed E-state index contributed by atoms with van der Waals surface area (Å²) in [4.78, 5) is 2.38. The first kappa shape index (κ1) is 14.0. The summed E-state index contributed by atoms with van der Waals surface area (Å²) in [6.45, 7) is 7.28. The van der Waals surface area contributed by atoms with Crippen LogP contribution in [-0.4, -0.2) is 29.7 Å². The van der Waals surface area contributed by atoms with Gasteiger partial charge in [-0.3, -0.25) is 4.90 Å². The third-order valence-corrected chi connectivity index (χ3v) is 3.83. The van der Waals surface area contributed by atoms with Crippen molar-refractivity contribution in [2.75, 3.05) is 19.7 Å². The van der Waals surface area contributed by atoms with Gasteiger partial charge in [0.1, 0.15) is 12.4 Å². The number of rotatable bonds is 2. The van der Waals surface area contributed by atoms with Gasteiger partial charge in [-0.1, -0.05) is 31.8 Å². The Bertz CT molecular complexity index is 493. The van der Waals surface area contributed by atoms with E-state index < -0.39 is 0 Å². The molecule has 2 rings (SSSR count). The van der Waals surface area contributed by atoms with Crippen molar-refractivity contribution in [3.8, 4) is 11.8 Å². The van der Waals surface area contributed by atoms with Gasteiger partial charge in [-0.25, -0.2) is 4.39 Å². The van der Waals surface area contributed by atoms with E-state index >= 15 is 0 Å². The number of halogens is 1. The Kier molecular flexibility index (Phi) is 4.57. The van der Waals surface area contributed by atoms with E-state index in [-0.39, 0.29) is 12.4 Å². The molecule has 1 aliphatic rings. The minimum Gasteiger partial charge on any atom is -0.384 e. The van der Waals surface area contributed by atoms with Gasteiger partial charge < -0.3 is 5.11 Å². The topological polar surface area (TPSA) is 23.5 Å². The van der Waals surface area contributed by atoms with Crippen LogP contribution in [0.25, 0.3) is 0 Å². The molecule has 0 aliphatic carbocycles. The van der Waals surface area contributed by atoms with Crippen molar-refractivity contribution in [3.05, 3.63) is 35.1 Å². The zero-order valence-electron chi connectivity index (χ0n) is 11.5. The molecule has 1 saturated heterocycles. The Labute approximate surface area is 114 Å². The lowest BCUT2D eigenvalue weighted by molar-refractivity contribution is 0.316. The number of likely N-dealkylation sites (tertiary alicyclic amines) is 1. The summed E-state index contributed by atoms with van der Waals surface area (Å²) in [5.41, 5.74) is 1.71. The summed E-state index contributed by atoms with van der Waals surface area (Å²) < 4.78 is 13.3. The quantitative estimate of drug-likeness (QED) is 0.825. The van der Waals surface area contributed by atoms with Gasteiger partial charge in [0.15, 0.2) is 0 Å². The maximum Gasteiger partial charge on any atom is 0.124 e. The second-order valence-electron chi connectivity index (χ2n) is 5.41. The molecule has 0 saturated carbocycles. The minimum atomic E-state index is -0.283. The molecule has 0 bridgehead atoms. The van der Waals surface area contributed by atoms with E-state index in [1.54, 1.807) is 6.07 Å². The van der Waals surface area contributed by atoms with Crippen LogP contribution in [0.4, 0.5) is 4.39 Å². The highest BCUT2D eigenvalue weighted by atomic mass is 19.1.